The highest BCUT2D eigenvalue weighted by Crippen LogP contribution is 2.31. The lowest BCUT2D eigenvalue weighted by atomic mass is 10.2. The molecule has 0 radical (unpaired) electrons. The Morgan fingerprint density at radius 2 is 2.24 bits per heavy atom. The number of halogens is 3. The van der Waals surface area contributed by atoms with E-state index in [4.69, 9.17) is 17.3 Å². The zero-order chi connectivity index (χ0) is 12.6. The third-order valence-electron chi connectivity index (χ3n) is 2.36. The van der Waals surface area contributed by atoms with Crippen LogP contribution in [0, 0.1) is 5.82 Å². The number of aromatic nitrogens is 2. The van der Waals surface area contributed by atoms with E-state index in [0.29, 0.717) is 15.2 Å². The summed E-state index contributed by atoms with van der Waals surface area (Å²) in [7, 11) is 0. The minimum atomic E-state index is -0.395. The molecular formula is C11H10BrClFN3. The lowest BCUT2D eigenvalue weighted by molar-refractivity contribution is 0.626. The molecule has 1 unspecified atom stereocenters. The Hall–Kier alpha value is -0.910. The van der Waals surface area contributed by atoms with Gasteiger partial charge >= 0.3 is 0 Å². The highest BCUT2D eigenvalue weighted by Gasteiger charge is 2.15. The lowest BCUT2D eigenvalue weighted by Crippen LogP contribution is -2.11. The van der Waals surface area contributed by atoms with E-state index < -0.39 is 5.82 Å². The molecule has 1 aromatic carbocycles. The molecule has 17 heavy (non-hydrogen) atoms. The van der Waals surface area contributed by atoms with Crippen molar-refractivity contribution in [2.75, 3.05) is 0 Å². The minimum Gasteiger partial charge on any atom is -0.323 e. The first-order chi connectivity index (χ1) is 8.00. The van der Waals surface area contributed by atoms with Gasteiger partial charge in [0.05, 0.1) is 28.9 Å². The molecule has 0 saturated heterocycles. The van der Waals surface area contributed by atoms with E-state index >= 15 is 0 Å². The predicted molar refractivity (Wildman–Crippen MR) is 68.8 cm³/mol. The van der Waals surface area contributed by atoms with Crippen molar-refractivity contribution >= 4 is 27.5 Å². The second-order valence-electron chi connectivity index (χ2n) is 3.70. The van der Waals surface area contributed by atoms with Crippen LogP contribution in [-0.4, -0.2) is 9.55 Å². The second-order valence-corrected chi connectivity index (χ2v) is 4.96. The van der Waals surface area contributed by atoms with Crippen molar-refractivity contribution in [2.45, 2.75) is 13.0 Å². The van der Waals surface area contributed by atoms with Gasteiger partial charge in [0.25, 0.3) is 0 Å². The van der Waals surface area contributed by atoms with Crippen molar-refractivity contribution in [1.29, 1.82) is 0 Å². The van der Waals surface area contributed by atoms with Gasteiger partial charge in [-0.05, 0) is 35.0 Å². The van der Waals surface area contributed by atoms with Gasteiger partial charge in [0.15, 0.2) is 0 Å². The molecule has 90 valence electrons. The summed E-state index contributed by atoms with van der Waals surface area (Å²) in [6, 6.07) is 2.42. The molecule has 0 aliphatic carbocycles. The third-order valence-corrected chi connectivity index (χ3v) is 3.25. The minimum absolute atomic E-state index is 0.189. The fourth-order valence-corrected chi connectivity index (χ4v) is 2.63. The smallest absolute Gasteiger partial charge is 0.125 e. The van der Waals surface area contributed by atoms with Crippen molar-refractivity contribution in [3.63, 3.8) is 0 Å². The predicted octanol–water partition coefficient (Wildman–Crippen LogP) is 3.45. The average molecular weight is 319 g/mol. The van der Waals surface area contributed by atoms with Gasteiger partial charge in [0.2, 0.25) is 0 Å². The van der Waals surface area contributed by atoms with Crippen molar-refractivity contribution in [3.8, 4) is 5.69 Å². The van der Waals surface area contributed by atoms with E-state index in [9.17, 15) is 4.39 Å². The number of benzene rings is 1. The summed E-state index contributed by atoms with van der Waals surface area (Å²) in [6.45, 7) is 1.85. The summed E-state index contributed by atoms with van der Waals surface area (Å²) in [4.78, 5) is 4.03. The van der Waals surface area contributed by atoms with E-state index in [1.165, 1.54) is 12.1 Å². The molecule has 0 bridgehead atoms. The van der Waals surface area contributed by atoms with Crippen LogP contribution < -0.4 is 5.73 Å². The molecule has 2 rings (SSSR count). The summed E-state index contributed by atoms with van der Waals surface area (Å²) < 4.78 is 15.4. The SMILES string of the molecule is CC(N)c1cncn1-c1c(Cl)cc(F)cc1Br. The second kappa shape index (κ2) is 4.76. The van der Waals surface area contributed by atoms with Gasteiger partial charge in [-0.1, -0.05) is 11.6 Å². The first-order valence-corrected chi connectivity index (χ1v) is 6.10. The number of imidazole rings is 1. The molecule has 2 N–H and O–H groups in total. The number of hydrogen-bond acceptors (Lipinski definition) is 2. The fourth-order valence-electron chi connectivity index (χ4n) is 1.59. The molecule has 6 heteroatoms. The molecule has 0 aliphatic rings. The molecule has 0 fully saturated rings. The zero-order valence-corrected chi connectivity index (χ0v) is 11.3. The molecule has 1 heterocycles. The Bertz CT molecular complexity index is 530. The summed E-state index contributed by atoms with van der Waals surface area (Å²) in [5.74, 6) is -0.395. The van der Waals surface area contributed by atoms with Crippen LogP contribution in [0.5, 0.6) is 0 Å². The van der Waals surface area contributed by atoms with E-state index in [0.717, 1.165) is 5.69 Å². The Morgan fingerprint density at radius 1 is 1.53 bits per heavy atom. The first-order valence-electron chi connectivity index (χ1n) is 4.93. The highest BCUT2D eigenvalue weighted by molar-refractivity contribution is 9.10. The fraction of sp³-hybridized carbons (Fsp3) is 0.182. The van der Waals surface area contributed by atoms with Gasteiger partial charge in [0.1, 0.15) is 5.82 Å². The van der Waals surface area contributed by atoms with E-state index in [2.05, 4.69) is 20.9 Å². The quantitative estimate of drug-likeness (QED) is 0.921. The third kappa shape index (κ3) is 2.36. The van der Waals surface area contributed by atoms with Crippen LogP contribution in [0.2, 0.25) is 5.02 Å². The van der Waals surface area contributed by atoms with Gasteiger partial charge in [0, 0.05) is 10.5 Å². The monoisotopic (exact) mass is 317 g/mol. The van der Waals surface area contributed by atoms with Gasteiger partial charge < -0.3 is 5.73 Å². The Labute approximate surface area is 112 Å². The Balaban J connectivity index is 2.64. The molecule has 0 saturated carbocycles. The van der Waals surface area contributed by atoms with Crippen LogP contribution in [0.1, 0.15) is 18.7 Å². The van der Waals surface area contributed by atoms with Gasteiger partial charge in [-0.3, -0.25) is 4.57 Å². The molecular weight excluding hydrogens is 308 g/mol. The maximum absolute atomic E-state index is 13.1. The summed E-state index contributed by atoms with van der Waals surface area (Å²) in [5, 5.41) is 0.303. The van der Waals surface area contributed by atoms with Crippen LogP contribution in [0.3, 0.4) is 0 Å². The van der Waals surface area contributed by atoms with Gasteiger partial charge in [-0.25, -0.2) is 9.37 Å². The lowest BCUT2D eigenvalue weighted by Gasteiger charge is -2.14. The van der Waals surface area contributed by atoms with Crippen molar-refractivity contribution in [1.82, 2.24) is 9.55 Å². The van der Waals surface area contributed by atoms with Crippen LogP contribution in [0.15, 0.2) is 29.1 Å². The zero-order valence-electron chi connectivity index (χ0n) is 8.99. The van der Waals surface area contributed by atoms with Crippen LogP contribution in [0.25, 0.3) is 5.69 Å². The summed E-state index contributed by atoms with van der Waals surface area (Å²) in [6.07, 6.45) is 3.26. The molecule has 3 nitrogen and oxygen atoms in total. The maximum Gasteiger partial charge on any atom is 0.125 e. The topological polar surface area (TPSA) is 43.8 Å². The number of rotatable bonds is 2. The van der Waals surface area contributed by atoms with Gasteiger partial charge in [-0.15, -0.1) is 0 Å². The highest BCUT2D eigenvalue weighted by atomic mass is 79.9. The largest absolute Gasteiger partial charge is 0.323 e. The summed E-state index contributed by atoms with van der Waals surface area (Å²) in [5.41, 5.74) is 7.27. The van der Waals surface area contributed by atoms with E-state index in [1.807, 2.05) is 6.92 Å². The Kier molecular flexibility index (Phi) is 3.51. The number of nitrogens with zero attached hydrogens (tertiary/aromatic N) is 2. The van der Waals surface area contributed by atoms with Crippen LogP contribution in [-0.2, 0) is 0 Å². The van der Waals surface area contributed by atoms with Crippen molar-refractivity contribution in [3.05, 3.63) is 45.7 Å². The van der Waals surface area contributed by atoms with Crippen LogP contribution in [0.4, 0.5) is 4.39 Å². The molecule has 0 spiro atoms. The standard InChI is InChI=1S/C11H10BrClFN3/c1-6(15)10-4-16-5-17(10)11-8(12)2-7(14)3-9(11)13/h2-6H,15H2,1H3. The first kappa shape index (κ1) is 12.5. The molecule has 1 aromatic heterocycles. The molecule has 0 aliphatic heterocycles. The van der Waals surface area contributed by atoms with Crippen molar-refractivity contribution in [2.24, 2.45) is 5.73 Å². The maximum atomic E-state index is 13.1. The van der Waals surface area contributed by atoms with E-state index in [1.54, 1.807) is 17.1 Å². The molecule has 1 atom stereocenters. The normalized spacial score (nSPS) is 12.8. The average Bonchev–Trinajstić information content (AvgIpc) is 2.64. The van der Waals surface area contributed by atoms with Crippen LogP contribution >= 0.6 is 27.5 Å². The number of hydrogen-bond donors (Lipinski definition) is 1. The van der Waals surface area contributed by atoms with Gasteiger partial charge in [-0.2, -0.15) is 0 Å². The molecule has 2 aromatic rings. The summed E-state index contributed by atoms with van der Waals surface area (Å²) >= 11 is 9.33. The van der Waals surface area contributed by atoms with Crippen molar-refractivity contribution < 1.29 is 4.39 Å². The Morgan fingerprint density at radius 3 is 2.82 bits per heavy atom. The van der Waals surface area contributed by atoms with E-state index in [-0.39, 0.29) is 6.04 Å². The number of nitrogens with two attached hydrogens (primary N) is 1. The molecule has 0 amide bonds.